The lowest BCUT2D eigenvalue weighted by Crippen LogP contribution is -2.17. The molecule has 1 atom stereocenters. The molecule has 0 amide bonds. The molecule has 1 aromatic carbocycles. The summed E-state index contributed by atoms with van der Waals surface area (Å²) in [5.41, 5.74) is 2.31. The maximum absolute atomic E-state index is 4.68. The lowest BCUT2D eigenvalue weighted by molar-refractivity contribution is 0.603. The molecule has 1 unspecified atom stereocenters. The number of thiazole rings is 1. The predicted octanol–water partition coefficient (Wildman–Crippen LogP) is 4.55. The fraction of sp³-hybridized carbons (Fsp3) is 0.357. The average molecular weight is 325 g/mol. The molecule has 96 valence electrons. The van der Waals surface area contributed by atoms with Crippen LogP contribution < -0.4 is 5.32 Å². The molecule has 0 aliphatic rings. The Labute approximate surface area is 121 Å². The van der Waals surface area contributed by atoms with E-state index < -0.39 is 0 Å². The van der Waals surface area contributed by atoms with Crippen molar-refractivity contribution in [1.29, 1.82) is 0 Å². The number of hydrogen-bond donors (Lipinski definition) is 1. The fourth-order valence-corrected chi connectivity index (χ4v) is 3.29. The number of nitrogens with one attached hydrogen (secondary N) is 1. The third-order valence-corrected chi connectivity index (χ3v) is 4.75. The smallest absolute Gasteiger partial charge is 0.123 e. The summed E-state index contributed by atoms with van der Waals surface area (Å²) in [5, 5.41) is 4.54. The SMILES string of the molecule is CCNC(C)c1sc(-c2ccc(Br)cc2)nc1C. The van der Waals surface area contributed by atoms with Crippen LogP contribution in [-0.2, 0) is 0 Å². The second kappa shape index (κ2) is 5.95. The van der Waals surface area contributed by atoms with Crippen molar-refractivity contribution in [3.05, 3.63) is 39.3 Å². The largest absolute Gasteiger partial charge is 0.310 e. The van der Waals surface area contributed by atoms with Gasteiger partial charge in [-0.15, -0.1) is 11.3 Å². The number of benzene rings is 1. The highest BCUT2D eigenvalue weighted by Crippen LogP contribution is 2.32. The molecule has 1 N–H and O–H groups in total. The second-order valence-corrected chi connectivity index (χ2v) is 6.20. The molecule has 1 heterocycles. The first-order valence-corrected chi connectivity index (χ1v) is 7.69. The Morgan fingerprint density at radius 3 is 2.61 bits per heavy atom. The molecule has 18 heavy (non-hydrogen) atoms. The second-order valence-electron chi connectivity index (χ2n) is 4.25. The van der Waals surface area contributed by atoms with Crippen molar-refractivity contribution in [2.24, 2.45) is 0 Å². The van der Waals surface area contributed by atoms with Crippen molar-refractivity contribution < 1.29 is 0 Å². The van der Waals surface area contributed by atoms with E-state index >= 15 is 0 Å². The van der Waals surface area contributed by atoms with Crippen molar-refractivity contribution in [3.8, 4) is 10.6 Å². The molecular weight excluding hydrogens is 308 g/mol. The molecule has 2 nitrogen and oxygen atoms in total. The minimum Gasteiger partial charge on any atom is -0.310 e. The number of rotatable bonds is 4. The monoisotopic (exact) mass is 324 g/mol. The first-order valence-electron chi connectivity index (χ1n) is 6.08. The van der Waals surface area contributed by atoms with Gasteiger partial charge in [0.05, 0.1) is 5.69 Å². The molecule has 0 saturated carbocycles. The van der Waals surface area contributed by atoms with E-state index in [9.17, 15) is 0 Å². The van der Waals surface area contributed by atoms with Crippen LogP contribution in [-0.4, -0.2) is 11.5 Å². The zero-order valence-electron chi connectivity index (χ0n) is 10.8. The van der Waals surface area contributed by atoms with Gasteiger partial charge in [-0.25, -0.2) is 4.98 Å². The molecule has 0 fully saturated rings. The highest BCUT2D eigenvalue weighted by atomic mass is 79.9. The van der Waals surface area contributed by atoms with Crippen LogP contribution in [0.15, 0.2) is 28.7 Å². The van der Waals surface area contributed by atoms with E-state index in [-0.39, 0.29) is 0 Å². The third-order valence-electron chi connectivity index (χ3n) is 2.83. The van der Waals surface area contributed by atoms with E-state index in [0.29, 0.717) is 6.04 Å². The summed E-state index contributed by atoms with van der Waals surface area (Å²) in [6, 6.07) is 8.68. The molecule has 4 heteroatoms. The fourth-order valence-electron chi connectivity index (χ4n) is 1.92. The van der Waals surface area contributed by atoms with E-state index in [1.165, 1.54) is 10.4 Å². The van der Waals surface area contributed by atoms with Crippen LogP contribution in [0.3, 0.4) is 0 Å². The molecule has 2 aromatic rings. The summed E-state index contributed by atoms with van der Waals surface area (Å²) in [7, 11) is 0. The number of aromatic nitrogens is 1. The van der Waals surface area contributed by atoms with Crippen LogP contribution in [0.2, 0.25) is 0 Å². The number of aryl methyl sites for hydroxylation is 1. The number of nitrogens with zero attached hydrogens (tertiary/aromatic N) is 1. The van der Waals surface area contributed by atoms with E-state index in [1.807, 2.05) is 0 Å². The van der Waals surface area contributed by atoms with E-state index in [4.69, 9.17) is 0 Å². The maximum Gasteiger partial charge on any atom is 0.123 e. The molecule has 0 bridgehead atoms. The third kappa shape index (κ3) is 2.99. The van der Waals surface area contributed by atoms with Crippen molar-refractivity contribution in [1.82, 2.24) is 10.3 Å². The molecule has 0 radical (unpaired) electrons. The minimum atomic E-state index is 0.372. The van der Waals surface area contributed by atoms with Crippen LogP contribution in [0.4, 0.5) is 0 Å². The van der Waals surface area contributed by atoms with Crippen LogP contribution in [0.1, 0.15) is 30.5 Å². The lowest BCUT2D eigenvalue weighted by atomic mass is 10.2. The Hall–Kier alpha value is -0.710. The standard InChI is InChI=1S/C14H17BrN2S/c1-4-16-9(2)13-10(3)17-14(18-13)11-5-7-12(15)8-6-11/h5-9,16H,4H2,1-3H3. The van der Waals surface area contributed by atoms with E-state index in [2.05, 4.69) is 71.3 Å². The van der Waals surface area contributed by atoms with Crippen LogP contribution in [0.25, 0.3) is 10.6 Å². The van der Waals surface area contributed by atoms with Gasteiger partial charge in [0, 0.05) is 21.0 Å². The summed E-state index contributed by atoms with van der Waals surface area (Å²) >= 11 is 5.23. The van der Waals surface area contributed by atoms with Gasteiger partial charge in [-0.1, -0.05) is 35.0 Å². The van der Waals surface area contributed by atoms with Crippen molar-refractivity contribution >= 4 is 27.3 Å². The summed E-state index contributed by atoms with van der Waals surface area (Å²) in [4.78, 5) is 6.01. The van der Waals surface area contributed by atoms with Crippen molar-refractivity contribution in [3.63, 3.8) is 0 Å². The Morgan fingerprint density at radius 1 is 1.33 bits per heavy atom. The molecule has 0 spiro atoms. The summed E-state index contributed by atoms with van der Waals surface area (Å²) in [6.07, 6.45) is 0. The number of halogens is 1. The van der Waals surface area contributed by atoms with Gasteiger partial charge in [0.2, 0.25) is 0 Å². The molecule has 0 saturated heterocycles. The Bertz CT molecular complexity index is 519. The van der Waals surface area contributed by atoms with E-state index in [0.717, 1.165) is 21.7 Å². The lowest BCUT2D eigenvalue weighted by Gasteiger charge is -2.09. The summed E-state index contributed by atoms with van der Waals surface area (Å²) in [6.45, 7) is 7.38. The number of hydrogen-bond acceptors (Lipinski definition) is 3. The molecule has 2 rings (SSSR count). The molecule has 1 aromatic heterocycles. The zero-order valence-corrected chi connectivity index (χ0v) is 13.2. The van der Waals surface area contributed by atoms with Gasteiger partial charge < -0.3 is 5.32 Å². The summed E-state index contributed by atoms with van der Waals surface area (Å²) < 4.78 is 1.10. The Balaban J connectivity index is 2.30. The van der Waals surface area contributed by atoms with Crippen LogP contribution >= 0.6 is 27.3 Å². The van der Waals surface area contributed by atoms with E-state index in [1.54, 1.807) is 11.3 Å². The normalized spacial score (nSPS) is 12.7. The first kappa shape index (κ1) is 13.7. The van der Waals surface area contributed by atoms with Gasteiger partial charge >= 0.3 is 0 Å². The maximum atomic E-state index is 4.68. The van der Waals surface area contributed by atoms with Gasteiger partial charge in [-0.2, -0.15) is 0 Å². The quantitative estimate of drug-likeness (QED) is 0.892. The Kier molecular flexibility index (Phi) is 4.54. The van der Waals surface area contributed by atoms with Gasteiger partial charge in [-0.05, 0) is 32.5 Å². The first-order chi connectivity index (χ1) is 8.61. The summed E-state index contributed by atoms with van der Waals surface area (Å²) in [5.74, 6) is 0. The van der Waals surface area contributed by atoms with Crippen molar-refractivity contribution in [2.45, 2.75) is 26.8 Å². The van der Waals surface area contributed by atoms with Gasteiger partial charge in [0.15, 0.2) is 0 Å². The Morgan fingerprint density at radius 2 is 2.00 bits per heavy atom. The van der Waals surface area contributed by atoms with Gasteiger partial charge in [0.25, 0.3) is 0 Å². The molecule has 0 aliphatic carbocycles. The highest BCUT2D eigenvalue weighted by Gasteiger charge is 2.14. The highest BCUT2D eigenvalue weighted by molar-refractivity contribution is 9.10. The average Bonchev–Trinajstić information content (AvgIpc) is 2.72. The predicted molar refractivity (Wildman–Crippen MR) is 82.1 cm³/mol. The van der Waals surface area contributed by atoms with Crippen molar-refractivity contribution in [2.75, 3.05) is 6.54 Å². The molecule has 0 aliphatic heterocycles. The molecular formula is C14H17BrN2S. The topological polar surface area (TPSA) is 24.9 Å². The van der Waals surface area contributed by atoms with Gasteiger partial charge in [-0.3, -0.25) is 0 Å². The zero-order chi connectivity index (χ0) is 13.1. The minimum absolute atomic E-state index is 0.372. The van der Waals surface area contributed by atoms with Crippen LogP contribution in [0, 0.1) is 6.92 Å². The van der Waals surface area contributed by atoms with Crippen LogP contribution in [0.5, 0.6) is 0 Å². The van der Waals surface area contributed by atoms with Gasteiger partial charge in [0.1, 0.15) is 5.01 Å².